The number of hydrogen-bond acceptors (Lipinski definition) is 3. The Labute approximate surface area is 200 Å². The summed E-state index contributed by atoms with van der Waals surface area (Å²) in [5, 5.41) is 4.27. The summed E-state index contributed by atoms with van der Waals surface area (Å²) in [6, 6.07) is 20.8. The third-order valence-corrected chi connectivity index (χ3v) is 6.68. The molecule has 4 aromatic rings. The molecule has 0 saturated carbocycles. The number of hydrogen-bond donors (Lipinski definition) is 1. The summed E-state index contributed by atoms with van der Waals surface area (Å²) in [5.41, 5.74) is 7.90. The maximum Gasteiger partial charge on any atom is 0.174 e. The van der Waals surface area contributed by atoms with Crippen molar-refractivity contribution in [1.29, 1.82) is 0 Å². The van der Waals surface area contributed by atoms with Gasteiger partial charge in [-0.05, 0) is 93.0 Å². The van der Waals surface area contributed by atoms with Crippen LogP contribution in [0.25, 0.3) is 5.82 Å². The van der Waals surface area contributed by atoms with Gasteiger partial charge in [-0.25, -0.2) is 4.98 Å². The number of rotatable bonds is 4. The molecule has 5 nitrogen and oxygen atoms in total. The van der Waals surface area contributed by atoms with Crippen molar-refractivity contribution < 1.29 is 0 Å². The third-order valence-electron chi connectivity index (χ3n) is 6.36. The van der Waals surface area contributed by atoms with Gasteiger partial charge >= 0.3 is 0 Å². The van der Waals surface area contributed by atoms with E-state index in [1.165, 1.54) is 11.1 Å². The van der Waals surface area contributed by atoms with Crippen molar-refractivity contribution in [3.63, 3.8) is 0 Å². The lowest BCUT2D eigenvalue weighted by atomic mass is 9.96. The van der Waals surface area contributed by atoms with E-state index in [0.29, 0.717) is 5.11 Å². The van der Waals surface area contributed by atoms with Crippen LogP contribution in [0.2, 0.25) is 0 Å². The Morgan fingerprint density at radius 2 is 1.70 bits per heavy atom. The van der Waals surface area contributed by atoms with E-state index >= 15 is 0 Å². The van der Waals surface area contributed by atoms with Gasteiger partial charge in [0.15, 0.2) is 5.11 Å². The van der Waals surface area contributed by atoms with Gasteiger partial charge in [0.1, 0.15) is 5.82 Å². The van der Waals surface area contributed by atoms with Crippen molar-refractivity contribution >= 4 is 23.0 Å². The molecule has 1 saturated heterocycles. The van der Waals surface area contributed by atoms with Gasteiger partial charge < -0.3 is 14.8 Å². The normalized spacial score (nSPS) is 17.9. The topological polar surface area (TPSA) is 46.0 Å². The standard InChI is InChI=1S/C27H27N5S/c1-17-9-7-11-21(15-17)32-25(24(30-27(32)33)23-12-5-6-13-28-23)22-16-19(3)31(20(22)4)26-18(2)10-8-14-29-26/h5-16,24-25H,1-4H3,(H,30,33)/t24-,25-/m1/s1. The molecule has 4 heterocycles. The first kappa shape index (κ1) is 21.3. The molecule has 0 aliphatic carbocycles. The van der Waals surface area contributed by atoms with Gasteiger partial charge in [-0.3, -0.25) is 4.98 Å². The zero-order chi connectivity index (χ0) is 23.1. The number of nitrogens with one attached hydrogen (secondary N) is 1. The average Bonchev–Trinajstić information content (AvgIpc) is 3.30. The zero-order valence-electron chi connectivity index (χ0n) is 19.3. The predicted molar refractivity (Wildman–Crippen MR) is 137 cm³/mol. The second-order valence-electron chi connectivity index (χ2n) is 8.64. The fraction of sp³-hybridized carbons (Fsp3) is 0.222. The zero-order valence-corrected chi connectivity index (χ0v) is 20.1. The lowest BCUT2D eigenvalue weighted by Gasteiger charge is -2.28. The average molecular weight is 454 g/mol. The molecule has 1 N–H and O–H groups in total. The Hall–Kier alpha value is -3.51. The first-order valence-electron chi connectivity index (χ1n) is 11.1. The van der Waals surface area contributed by atoms with Crippen molar-refractivity contribution in [2.75, 3.05) is 4.90 Å². The van der Waals surface area contributed by atoms with Crippen molar-refractivity contribution in [1.82, 2.24) is 19.9 Å². The molecule has 166 valence electrons. The maximum absolute atomic E-state index is 5.88. The summed E-state index contributed by atoms with van der Waals surface area (Å²) in [4.78, 5) is 11.6. The molecule has 3 aromatic heterocycles. The van der Waals surface area contributed by atoms with Crippen LogP contribution in [0.5, 0.6) is 0 Å². The van der Waals surface area contributed by atoms with E-state index < -0.39 is 0 Å². The van der Waals surface area contributed by atoms with Crippen molar-refractivity contribution in [2.24, 2.45) is 0 Å². The molecule has 2 atom stereocenters. The van der Waals surface area contributed by atoms with Gasteiger partial charge in [-0.2, -0.15) is 0 Å². The van der Waals surface area contributed by atoms with Crippen LogP contribution in [0.15, 0.2) is 73.1 Å². The highest BCUT2D eigenvalue weighted by Gasteiger charge is 2.42. The minimum atomic E-state index is -0.0713. The molecular formula is C27H27N5S. The minimum Gasteiger partial charge on any atom is -0.351 e. The Bertz CT molecular complexity index is 1330. The minimum absolute atomic E-state index is 0.0434. The monoisotopic (exact) mass is 453 g/mol. The van der Waals surface area contributed by atoms with Gasteiger partial charge in [0.05, 0.1) is 17.8 Å². The molecule has 1 aliphatic rings. The van der Waals surface area contributed by atoms with Crippen LogP contribution in [0.4, 0.5) is 5.69 Å². The second kappa shape index (κ2) is 8.45. The van der Waals surface area contributed by atoms with Gasteiger partial charge in [0.25, 0.3) is 0 Å². The number of aryl methyl sites for hydroxylation is 3. The molecular weight excluding hydrogens is 426 g/mol. The summed E-state index contributed by atoms with van der Waals surface area (Å²) < 4.78 is 2.25. The molecule has 0 unspecified atom stereocenters. The highest BCUT2D eigenvalue weighted by Crippen LogP contribution is 2.43. The second-order valence-corrected chi connectivity index (χ2v) is 9.03. The SMILES string of the molecule is Cc1cccc(N2C(=S)N[C@H](c3ccccn3)[C@H]2c2cc(C)n(-c3ncccc3C)c2C)c1. The van der Waals surface area contributed by atoms with E-state index in [4.69, 9.17) is 12.2 Å². The summed E-state index contributed by atoms with van der Waals surface area (Å²) >= 11 is 5.88. The van der Waals surface area contributed by atoms with Crippen LogP contribution >= 0.6 is 12.2 Å². The van der Waals surface area contributed by atoms with E-state index in [2.05, 4.69) is 94.9 Å². The van der Waals surface area contributed by atoms with Crippen LogP contribution in [0, 0.1) is 27.7 Å². The van der Waals surface area contributed by atoms with Gasteiger partial charge in [-0.1, -0.05) is 24.3 Å². The summed E-state index contributed by atoms with van der Waals surface area (Å²) in [6.45, 7) is 8.51. The predicted octanol–water partition coefficient (Wildman–Crippen LogP) is 5.68. The fourth-order valence-corrected chi connectivity index (χ4v) is 5.20. The number of nitrogens with zero attached hydrogens (tertiary/aromatic N) is 4. The van der Waals surface area contributed by atoms with E-state index in [9.17, 15) is 0 Å². The smallest absolute Gasteiger partial charge is 0.174 e. The highest BCUT2D eigenvalue weighted by atomic mass is 32.1. The molecule has 33 heavy (non-hydrogen) atoms. The van der Waals surface area contributed by atoms with Gasteiger partial charge in [0.2, 0.25) is 0 Å². The first-order valence-corrected chi connectivity index (χ1v) is 11.5. The molecule has 0 amide bonds. The lowest BCUT2D eigenvalue weighted by molar-refractivity contribution is 0.565. The third kappa shape index (κ3) is 3.70. The molecule has 1 aliphatic heterocycles. The van der Waals surface area contributed by atoms with Crippen LogP contribution in [0.3, 0.4) is 0 Å². The number of thiocarbonyl (C=S) groups is 1. The van der Waals surface area contributed by atoms with E-state index in [1.807, 2.05) is 30.6 Å². The first-order chi connectivity index (χ1) is 16.0. The van der Waals surface area contributed by atoms with E-state index in [0.717, 1.165) is 34.2 Å². The van der Waals surface area contributed by atoms with E-state index in [-0.39, 0.29) is 12.1 Å². The van der Waals surface area contributed by atoms with Crippen LogP contribution in [-0.4, -0.2) is 19.6 Å². The molecule has 0 bridgehead atoms. The molecule has 1 aromatic carbocycles. The summed E-state index contributed by atoms with van der Waals surface area (Å²) in [7, 11) is 0. The Morgan fingerprint density at radius 3 is 2.42 bits per heavy atom. The van der Waals surface area contributed by atoms with Crippen LogP contribution in [-0.2, 0) is 0 Å². The Kier molecular flexibility index (Phi) is 5.46. The summed E-state index contributed by atoms with van der Waals surface area (Å²) in [6.07, 6.45) is 3.69. The van der Waals surface area contributed by atoms with Crippen LogP contribution < -0.4 is 10.2 Å². The van der Waals surface area contributed by atoms with Crippen molar-refractivity contribution in [3.8, 4) is 5.82 Å². The Morgan fingerprint density at radius 1 is 0.879 bits per heavy atom. The fourth-order valence-electron chi connectivity index (χ4n) is 4.85. The summed E-state index contributed by atoms with van der Waals surface area (Å²) in [5.74, 6) is 0.962. The number of benzene rings is 1. The van der Waals surface area contributed by atoms with Crippen molar-refractivity contribution in [2.45, 2.75) is 39.8 Å². The quantitative estimate of drug-likeness (QED) is 0.403. The number of anilines is 1. The molecule has 0 spiro atoms. The molecule has 5 rings (SSSR count). The molecule has 6 heteroatoms. The Balaban J connectivity index is 1.70. The van der Waals surface area contributed by atoms with Gasteiger partial charge in [0, 0.05) is 29.5 Å². The number of pyridine rings is 2. The van der Waals surface area contributed by atoms with E-state index in [1.54, 1.807) is 0 Å². The van der Waals surface area contributed by atoms with Crippen LogP contribution in [0.1, 0.15) is 45.9 Å². The highest BCUT2D eigenvalue weighted by molar-refractivity contribution is 7.80. The maximum atomic E-state index is 5.88. The molecule has 1 fully saturated rings. The van der Waals surface area contributed by atoms with Crippen molar-refractivity contribution in [3.05, 3.63) is 107 Å². The number of aromatic nitrogens is 3. The largest absolute Gasteiger partial charge is 0.351 e. The van der Waals surface area contributed by atoms with Gasteiger partial charge in [-0.15, -0.1) is 0 Å². The molecule has 0 radical (unpaired) electrons. The lowest BCUT2D eigenvalue weighted by Crippen LogP contribution is -2.29.